The van der Waals surface area contributed by atoms with Crippen molar-refractivity contribution in [1.82, 2.24) is 24.6 Å². The molecule has 3 fully saturated rings. The molecule has 3 saturated heterocycles. The van der Waals surface area contributed by atoms with Gasteiger partial charge in [0.1, 0.15) is 24.4 Å². The van der Waals surface area contributed by atoms with Crippen molar-refractivity contribution in [3.8, 4) is 22.5 Å². The lowest BCUT2D eigenvalue weighted by Crippen LogP contribution is -2.47. The number of nitrogens with one attached hydrogen (secondary N) is 3. The number of carbonyl (C=O) groups is 1. The lowest BCUT2D eigenvalue weighted by molar-refractivity contribution is 0.0697. The van der Waals surface area contributed by atoms with Gasteiger partial charge in [-0.3, -0.25) is 4.90 Å². The quantitative estimate of drug-likeness (QED) is 0.0620. The highest BCUT2D eigenvalue weighted by molar-refractivity contribution is 7.80. The van der Waals surface area contributed by atoms with E-state index in [0.717, 1.165) is 98.7 Å². The Morgan fingerprint density at radius 2 is 1.45 bits per heavy atom. The largest absolute Gasteiger partial charge is 0.478 e. The number of thiocarbonyl (C=S) groups is 1. The normalized spacial score (nSPS) is 17.9. The van der Waals surface area contributed by atoms with Crippen molar-refractivity contribution in [1.29, 1.82) is 0 Å². The third kappa shape index (κ3) is 10.5. The van der Waals surface area contributed by atoms with Crippen LogP contribution in [0.3, 0.4) is 0 Å². The Morgan fingerprint density at radius 1 is 0.767 bits per heavy atom. The van der Waals surface area contributed by atoms with Crippen LogP contribution in [-0.4, -0.2) is 123 Å². The molecular formula is C48H63N8O3S+. The zero-order valence-corrected chi connectivity index (χ0v) is 36.8. The third-order valence-electron chi connectivity index (χ3n) is 12.2. The summed E-state index contributed by atoms with van der Waals surface area (Å²) in [5.74, 6) is -0.315. The monoisotopic (exact) mass is 831 g/mol. The van der Waals surface area contributed by atoms with E-state index in [0.29, 0.717) is 27.7 Å². The predicted octanol–water partition coefficient (Wildman–Crippen LogP) is 7.17. The Morgan fingerprint density at radius 3 is 2.15 bits per heavy atom. The van der Waals surface area contributed by atoms with E-state index < -0.39 is 5.97 Å². The maximum atomic E-state index is 13.0. The summed E-state index contributed by atoms with van der Waals surface area (Å²) in [5.41, 5.74) is 6.95. The summed E-state index contributed by atoms with van der Waals surface area (Å²) in [5, 5.41) is 23.2. The van der Waals surface area contributed by atoms with Crippen LogP contribution in [-0.2, 0) is 6.54 Å². The average molecular weight is 832 g/mol. The first-order chi connectivity index (χ1) is 29.3. The molecule has 0 aromatic heterocycles. The molecule has 0 saturated carbocycles. The number of piperazine rings is 1. The van der Waals surface area contributed by atoms with Crippen LogP contribution >= 0.6 is 12.2 Å². The van der Waals surface area contributed by atoms with Gasteiger partial charge in [-0.25, -0.2) is 9.37 Å². The highest BCUT2D eigenvalue weighted by atomic mass is 32.1. The summed E-state index contributed by atoms with van der Waals surface area (Å²) >= 11 is 5.75. The zero-order valence-electron chi connectivity index (χ0n) is 35.9. The van der Waals surface area contributed by atoms with Gasteiger partial charge in [0.2, 0.25) is 5.36 Å². The van der Waals surface area contributed by atoms with Crippen molar-refractivity contribution in [2.75, 3.05) is 107 Å². The molecule has 0 unspecified atom stereocenters. The molecule has 11 nitrogen and oxygen atoms in total. The summed E-state index contributed by atoms with van der Waals surface area (Å²) in [6, 6.07) is 26.3. The summed E-state index contributed by atoms with van der Waals surface area (Å²) in [4.78, 5) is 23.1. The average Bonchev–Trinajstić information content (AvgIpc) is 3.25. The molecule has 0 amide bonds. The van der Waals surface area contributed by atoms with Crippen molar-refractivity contribution in [2.45, 2.75) is 47.1 Å². The Bertz CT molecular complexity index is 2270. The van der Waals surface area contributed by atoms with Gasteiger partial charge in [-0.15, -0.1) is 0 Å². The Balaban J connectivity index is 1.08. The molecule has 8 rings (SSSR count). The molecule has 2 bridgehead atoms. The summed E-state index contributed by atoms with van der Waals surface area (Å²) in [7, 11) is 0. The van der Waals surface area contributed by atoms with Crippen LogP contribution in [0.2, 0.25) is 0 Å². The minimum absolute atomic E-state index is 0.173. The molecule has 60 heavy (non-hydrogen) atoms. The van der Waals surface area contributed by atoms with E-state index in [1.165, 1.54) is 51.1 Å². The molecule has 5 aliphatic rings. The number of nitrogens with zero attached hydrogens (tertiary/aromatic N) is 5. The van der Waals surface area contributed by atoms with Crippen molar-refractivity contribution in [3.05, 3.63) is 95.3 Å². The molecule has 1 aliphatic carbocycles. The van der Waals surface area contributed by atoms with Gasteiger partial charge in [0.05, 0.1) is 11.6 Å². The van der Waals surface area contributed by atoms with E-state index >= 15 is 0 Å². The van der Waals surface area contributed by atoms with Crippen molar-refractivity contribution in [3.63, 3.8) is 0 Å². The molecule has 4 heterocycles. The Labute approximate surface area is 361 Å². The van der Waals surface area contributed by atoms with Gasteiger partial charge in [-0.2, -0.15) is 0 Å². The van der Waals surface area contributed by atoms with Gasteiger partial charge in [0.25, 0.3) is 0 Å². The number of rotatable bonds is 11. The number of aromatic carboxylic acids is 1. The lowest BCUT2D eigenvalue weighted by Gasteiger charge is -2.35. The van der Waals surface area contributed by atoms with Crippen LogP contribution < -0.4 is 30.8 Å². The fourth-order valence-electron chi connectivity index (χ4n) is 8.80. The zero-order chi connectivity index (χ0) is 42.0. The fraction of sp³-hybridized carbons (Fsp3) is 0.438. The van der Waals surface area contributed by atoms with Gasteiger partial charge in [-0.05, 0) is 133 Å². The van der Waals surface area contributed by atoms with Crippen LogP contribution in [0.5, 0.6) is 0 Å². The van der Waals surface area contributed by atoms with Gasteiger partial charge in [0, 0.05) is 105 Å². The number of anilines is 3. The van der Waals surface area contributed by atoms with E-state index in [-0.39, 0.29) is 5.56 Å². The van der Waals surface area contributed by atoms with Gasteiger partial charge in [0.15, 0.2) is 5.11 Å². The third-order valence-corrected chi connectivity index (χ3v) is 12.4. The van der Waals surface area contributed by atoms with Crippen LogP contribution in [0.15, 0.2) is 83.3 Å². The first-order valence-electron chi connectivity index (χ1n) is 22.0. The molecule has 0 spiro atoms. The van der Waals surface area contributed by atoms with Gasteiger partial charge in [-0.1, -0.05) is 18.2 Å². The van der Waals surface area contributed by atoms with E-state index in [9.17, 15) is 9.90 Å². The number of carboxylic acid groups (broad SMARTS) is 1. The second-order valence-electron chi connectivity index (χ2n) is 15.9. The van der Waals surface area contributed by atoms with Crippen LogP contribution in [0, 0.1) is 0 Å². The number of hydrogen-bond acceptors (Lipinski definition) is 8. The molecule has 12 heteroatoms. The number of benzene rings is 4. The molecule has 0 radical (unpaired) electrons. The molecule has 318 valence electrons. The Hall–Kier alpha value is -4.85. The van der Waals surface area contributed by atoms with Crippen LogP contribution in [0.4, 0.5) is 17.1 Å². The van der Waals surface area contributed by atoms with E-state index in [4.69, 9.17) is 16.6 Å². The minimum atomic E-state index is -1.02. The standard InChI is InChI=1S/C48H62N8O3S/c1-5-55(6-2)38-16-19-41-44(32-38)59-45-33-39(56(7-3)8-4)17-20-42(45)46(41)40-18-15-37(31-43(40)47(57)58)51-48(60)50-36-13-11-35(12-14-36)34-54-25-10-24-53-29-27-52(28-30-53)23-9-21-49-22-26-54/h11-20,31-33,49H,5-10,21-30,34H2,1-4H3,(H2,50,57,58,60)/p+1. The van der Waals surface area contributed by atoms with E-state index in [1.807, 2.05) is 12.1 Å². The summed E-state index contributed by atoms with van der Waals surface area (Å²) in [6.07, 6.45) is 2.38. The van der Waals surface area contributed by atoms with Gasteiger partial charge >= 0.3 is 5.97 Å². The second-order valence-corrected chi connectivity index (χ2v) is 16.3. The molecule has 0 atom stereocenters. The number of carboxylic acids is 1. The first kappa shape index (κ1) is 43.2. The van der Waals surface area contributed by atoms with Crippen molar-refractivity contribution in [2.24, 2.45) is 0 Å². The fourth-order valence-corrected chi connectivity index (χ4v) is 9.04. The SMILES string of the molecule is CCN(CC)c1ccc2c(-c3ccc(NC(=S)Nc4ccc(CN5CCCN6CCN(CCCNCC5)CC6)cc4)cc3C(=O)O)c3ccc(=[N+](CC)CC)cc-3oc2c1. The summed E-state index contributed by atoms with van der Waals surface area (Å²) in [6.45, 7) is 24.2. The first-order valence-corrected chi connectivity index (χ1v) is 22.4. The minimum Gasteiger partial charge on any atom is -0.478 e. The molecule has 3 aromatic carbocycles. The van der Waals surface area contributed by atoms with Gasteiger partial charge < -0.3 is 40.2 Å². The Kier molecular flexibility index (Phi) is 14.9. The van der Waals surface area contributed by atoms with Crippen LogP contribution in [0.1, 0.15) is 56.5 Å². The maximum Gasteiger partial charge on any atom is 0.336 e. The molecule has 3 aromatic rings. The number of hydrogen-bond donors (Lipinski definition) is 4. The lowest BCUT2D eigenvalue weighted by atomic mass is 9.90. The van der Waals surface area contributed by atoms with E-state index in [1.54, 1.807) is 6.07 Å². The molecule has 4 aliphatic heterocycles. The van der Waals surface area contributed by atoms with Crippen molar-refractivity contribution >= 4 is 51.3 Å². The highest BCUT2D eigenvalue weighted by Gasteiger charge is 2.24. The predicted molar refractivity (Wildman–Crippen MR) is 252 cm³/mol. The molecule has 4 N–H and O–H groups in total. The number of fused-ring (bicyclic) bond motifs is 13. The maximum absolute atomic E-state index is 13.0. The molecular weight excluding hydrogens is 769 g/mol. The smallest absolute Gasteiger partial charge is 0.336 e. The van der Waals surface area contributed by atoms with E-state index in [2.05, 4.69) is 128 Å². The van der Waals surface area contributed by atoms with Crippen LogP contribution in [0.25, 0.3) is 33.4 Å². The highest BCUT2D eigenvalue weighted by Crippen LogP contribution is 2.42. The topological polar surface area (TPSA) is 103 Å². The second kappa shape index (κ2) is 20.6. The summed E-state index contributed by atoms with van der Waals surface area (Å²) < 4.78 is 8.92. The van der Waals surface area contributed by atoms with Crippen molar-refractivity contribution < 1.29 is 14.3 Å².